The minimum atomic E-state index is -0.00219. The van der Waals surface area contributed by atoms with Crippen LogP contribution in [0.1, 0.15) is 28.7 Å². The van der Waals surface area contributed by atoms with E-state index in [-0.39, 0.29) is 5.91 Å². The van der Waals surface area contributed by atoms with E-state index in [2.05, 4.69) is 20.0 Å². The van der Waals surface area contributed by atoms with Crippen molar-refractivity contribution in [3.05, 3.63) is 59.6 Å². The molecule has 8 heteroatoms. The number of pyridine rings is 1. The number of benzene rings is 1. The van der Waals surface area contributed by atoms with Crippen molar-refractivity contribution in [1.29, 1.82) is 0 Å². The van der Waals surface area contributed by atoms with E-state index in [0.717, 1.165) is 24.2 Å². The topological polar surface area (TPSA) is 84.6 Å². The highest BCUT2D eigenvalue weighted by atomic mass is 16.5. The number of carbonyl (C=O) groups is 1. The highest BCUT2D eigenvalue weighted by Gasteiger charge is 2.24. The highest BCUT2D eigenvalue weighted by molar-refractivity contribution is 5.94. The zero-order chi connectivity index (χ0) is 20.9. The van der Waals surface area contributed by atoms with Crippen LogP contribution < -0.4 is 4.74 Å². The average Bonchev–Trinajstić information content (AvgIpc) is 3.23. The van der Waals surface area contributed by atoms with Crippen LogP contribution in [-0.2, 0) is 6.54 Å². The van der Waals surface area contributed by atoms with E-state index in [9.17, 15) is 4.79 Å². The molecule has 3 aromatic rings. The molecule has 0 aliphatic carbocycles. The van der Waals surface area contributed by atoms with Crippen LogP contribution in [0.15, 0.2) is 47.1 Å². The zero-order valence-corrected chi connectivity index (χ0v) is 17.2. The van der Waals surface area contributed by atoms with Crippen molar-refractivity contribution in [1.82, 2.24) is 24.9 Å². The lowest BCUT2D eigenvalue weighted by atomic mass is 10.1. The maximum absolute atomic E-state index is 12.8. The van der Waals surface area contributed by atoms with Gasteiger partial charge in [0.25, 0.3) is 5.91 Å². The predicted molar refractivity (Wildman–Crippen MR) is 111 cm³/mol. The Balaban J connectivity index is 1.33. The standard InChI is InChI=1S/C22H25N5O3/c1-3-29-19-14-17(8-9-23-19)22(28)27-12-10-26(11-13-27)15-20-24-21(25-30-20)18-7-5-4-6-16(18)2/h4-9,14H,3,10-13,15H2,1-2H3. The molecule has 0 spiro atoms. The summed E-state index contributed by atoms with van der Waals surface area (Å²) in [6.45, 7) is 7.79. The molecule has 0 radical (unpaired) electrons. The average molecular weight is 407 g/mol. The van der Waals surface area contributed by atoms with Crippen molar-refractivity contribution < 1.29 is 14.1 Å². The number of amides is 1. The molecule has 1 aliphatic heterocycles. The number of rotatable bonds is 6. The van der Waals surface area contributed by atoms with Crippen LogP contribution in [0.3, 0.4) is 0 Å². The van der Waals surface area contributed by atoms with Crippen LogP contribution in [0.5, 0.6) is 5.88 Å². The molecule has 8 nitrogen and oxygen atoms in total. The number of hydrogen-bond acceptors (Lipinski definition) is 7. The summed E-state index contributed by atoms with van der Waals surface area (Å²) in [5.41, 5.74) is 2.69. The minimum absolute atomic E-state index is 0.00219. The van der Waals surface area contributed by atoms with Crippen molar-refractivity contribution in [2.45, 2.75) is 20.4 Å². The Morgan fingerprint density at radius 1 is 1.17 bits per heavy atom. The Morgan fingerprint density at radius 2 is 1.97 bits per heavy atom. The van der Waals surface area contributed by atoms with Crippen molar-refractivity contribution in [3.8, 4) is 17.3 Å². The molecule has 3 heterocycles. The van der Waals surface area contributed by atoms with Gasteiger partial charge in [0.05, 0.1) is 13.2 Å². The van der Waals surface area contributed by atoms with Gasteiger partial charge in [-0.3, -0.25) is 9.69 Å². The Hall–Kier alpha value is -3.26. The molecule has 0 bridgehead atoms. The van der Waals surface area contributed by atoms with Crippen LogP contribution >= 0.6 is 0 Å². The molecule has 30 heavy (non-hydrogen) atoms. The van der Waals surface area contributed by atoms with Crippen LogP contribution in [0.25, 0.3) is 11.4 Å². The van der Waals surface area contributed by atoms with Gasteiger partial charge in [-0.25, -0.2) is 4.98 Å². The number of aryl methyl sites for hydroxylation is 1. The quantitative estimate of drug-likeness (QED) is 0.621. The summed E-state index contributed by atoms with van der Waals surface area (Å²) in [6, 6.07) is 11.4. The van der Waals surface area contributed by atoms with Crippen LogP contribution in [0.4, 0.5) is 0 Å². The predicted octanol–water partition coefficient (Wildman–Crippen LogP) is 2.80. The number of ether oxygens (including phenoxy) is 1. The molecule has 1 saturated heterocycles. The monoisotopic (exact) mass is 407 g/mol. The first-order valence-corrected chi connectivity index (χ1v) is 10.1. The first-order valence-electron chi connectivity index (χ1n) is 10.1. The molecular weight excluding hydrogens is 382 g/mol. The van der Waals surface area contributed by atoms with E-state index in [4.69, 9.17) is 9.26 Å². The lowest BCUT2D eigenvalue weighted by Crippen LogP contribution is -2.48. The fourth-order valence-electron chi connectivity index (χ4n) is 3.50. The van der Waals surface area contributed by atoms with Gasteiger partial charge < -0.3 is 14.2 Å². The largest absolute Gasteiger partial charge is 0.478 e. The van der Waals surface area contributed by atoms with E-state index in [1.807, 2.05) is 43.0 Å². The SMILES string of the molecule is CCOc1cc(C(=O)N2CCN(Cc3nc(-c4ccccc4C)no3)CC2)ccn1. The van der Waals surface area contributed by atoms with Crippen molar-refractivity contribution in [2.24, 2.45) is 0 Å². The molecule has 0 atom stereocenters. The lowest BCUT2D eigenvalue weighted by Gasteiger charge is -2.34. The summed E-state index contributed by atoms with van der Waals surface area (Å²) < 4.78 is 10.8. The molecule has 156 valence electrons. The molecule has 1 aliphatic rings. The van der Waals surface area contributed by atoms with Gasteiger partial charge in [-0.1, -0.05) is 29.4 Å². The van der Waals surface area contributed by atoms with E-state index >= 15 is 0 Å². The fraction of sp³-hybridized carbons (Fsp3) is 0.364. The summed E-state index contributed by atoms with van der Waals surface area (Å²) in [5, 5.41) is 4.12. The first-order chi connectivity index (χ1) is 14.6. The Labute approximate surface area is 175 Å². The summed E-state index contributed by atoms with van der Waals surface area (Å²) in [7, 11) is 0. The Kier molecular flexibility index (Phi) is 6.04. The van der Waals surface area contributed by atoms with Gasteiger partial charge in [0.2, 0.25) is 17.6 Å². The van der Waals surface area contributed by atoms with Crippen molar-refractivity contribution in [3.63, 3.8) is 0 Å². The van der Waals surface area contributed by atoms with Crippen molar-refractivity contribution in [2.75, 3.05) is 32.8 Å². The Bertz CT molecular complexity index is 1010. The fourth-order valence-corrected chi connectivity index (χ4v) is 3.50. The Morgan fingerprint density at radius 3 is 2.73 bits per heavy atom. The minimum Gasteiger partial charge on any atom is -0.478 e. The van der Waals surface area contributed by atoms with Gasteiger partial charge in [0.15, 0.2) is 0 Å². The molecule has 1 fully saturated rings. The molecule has 0 unspecified atom stereocenters. The second kappa shape index (κ2) is 9.04. The van der Waals surface area contributed by atoms with Gasteiger partial charge in [-0.15, -0.1) is 0 Å². The normalized spacial score (nSPS) is 14.7. The third kappa shape index (κ3) is 4.49. The van der Waals surface area contributed by atoms with Gasteiger partial charge >= 0.3 is 0 Å². The number of carbonyl (C=O) groups excluding carboxylic acids is 1. The maximum Gasteiger partial charge on any atom is 0.254 e. The molecule has 1 amide bonds. The lowest BCUT2D eigenvalue weighted by molar-refractivity contribution is 0.0614. The molecule has 0 saturated carbocycles. The second-order valence-corrected chi connectivity index (χ2v) is 7.21. The summed E-state index contributed by atoms with van der Waals surface area (Å²) in [4.78, 5) is 25.5. The molecule has 0 N–H and O–H groups in total. The van der Waals surface area contributed by atoms with Gasteiger partial charge in [0.1, 0.15) is 0 Å². The summed E-state index contributed by atoms with van der Waals surface area (Å²) in [5.74, 6) is 1.67. The zero-order valence-electron chi connectivity index (χ0n) is 17.2. The number of nitrogens with zero attached hydrogens (tertiary/aromatic N) is 5. The van der Waals surface area contributed by atoms with E-state index in [1.165, 1.54) is 0 Å². The summed E-state index contributed by atoms with van der Waals surface area (Å²) in [6.07, 6.45) is 1.61. The molecule has 4 rings (SSSR count). The van der Waals surface area contributed by atoms with E-state index < -0.39 is 0 Å². The smallest absolute Gasteiger partial charge is 0.254 e. The highest BCUT2D eigenvalue weighted by Crippen LogP contribution is 2.20. The van der Waals surface area contributed by atoms with Crippen LogP contribution in [0.2, 0.25) is 0 Å². The van der Waals surface area contributed by atoms with Crippen molar-refractivity contribution >= 4 is 5.91 Å². The number of hydrogen-bond donors (Lipinski definition) is 0. The third-order valence-corrected chi connectivity index (χ3v) is 5.15. The molecular formula is C22H25N5O3. The maximum atomic E-state index is 12.8. The third-order valence-electron chi connectivity index (χ3n) is 5.15. The van der Waals surface area contributed by atoms with Crippen LogP contribution in [-0.4, -0.2) is 63.6 Å². The van der Waals surface area contributed by atoms with Gasteiger partial charge in [-0.05, 0) is 25.5 Å². The van der Waals surface area contributed by atoms with E-state index in [1.54, 1.807) is 18.3 Å². The first kappa shape index (κ1) is 20.0. The summed E-state index contributed by atoms with van der Waals surface area (Å²) >= 11 is 0. The second-order valence-electron chi connectivity index (χ2n) is 7.21. The van der Waals surface area contributed by atoms with Gasteiger partial charge in [0, 0.05) is 49.6 Å². The molecule has 1 aromatic carbocycles. The van der Waals surface area contributed by atoms with Crippen LogP contribution in [0, 0.1) is 6.92 Å². The molecule has 2 aromatic heterocycles. The van der Waals surface area contributed by atoms with E-state index in [0.29, 0.717) is 49.4 Å². The number of piperazine rings is 1. The van der Waals surface area contributed by atoms with Gasteiger partial charge in [-0.2, -0.15) is 4.98 Å². The number of aromatic nitrogens is 3.